The molecule has 0 aromatic heterocycles. The van der Waals surface area contributed by atoms with Crippen LogP contribution in [0.2, 0.25) is 0 Å². The summed E-state index contributed by atoms with van der Waals surface area (Å²) in [6.07, 6.45) is 0. The molecule has 0 radical (unpaired) electrons. The Morgan fingerprint density at radius 2 is 1.50 bits per heavy atom. The van der Waals surface area contributed by atoms with Crippen LogP contribution in [0, 0.1) is 11.6 Å². The average molecular weight is 198 g/mol. The first-order valence-electron chi connectivity index (χ1n) is 4.93. The van der Waals surface area contributed by atoms with Gasteiger partial charge in [0.15, 0.2) is 0 Å². The van der Waals surface area contributed by atoms with Crippen molar-refractivity contribution in [3.63, 3.8) is 0 Å². The lowest BCUT2D eigenvalue weighted by molar-refractivity contribution is 0.527. The Bertz CT molecular complexity index is 327. The lowest BCUT2D eigenvalue weighted by Crippen LogP contribution is -2.03. The van der Waals surface area contributed by atoms with Crippen LogP contribution in [-0.4, -0.2) is 0 Å². The van der Waals surface area contributed by atoms with Crippen LogP contribution in [0.3, 0.4) is 0 Å². The van der Waals surface area contributed by atoms with Crippen molar-refractivity contribution in [2.45, 2.75) is 39.5 Å². The van der Waals surface area contributed by atoms with Gasteiger partial charge < -0.3 is 0 Å². The molecular weight excluding hydrogens is 182 g/mol. The van der Waals surface area contributed by atoms with Crippen LogP contribution in [0.15, 0.2) is 12.1 Å². The molecule has 0 atom stereocenters. The van der Waals surface area contributed by atoms with Gasteiger partial charge in [0, 0.05) is 5.56 Å². The molecule has 0 saturated carbocycles. The zero-order valence-corrected chi connectivity index (χ0v) is 9.07. The lowest BCUT2D eigenvalue weighted by Gasteiger charge is -2.14. The Morgan fingerprint density at radius 1 is 0.929 bits per heavy atom. The molecule has 0 nitrogen and oxygen atoms in total. The van der Waals surface area contributed by atoms with E-state index in [4.69, 9.17) is 0 Å². The van der Waals surface area contributed by atoms with Gasteiger partial charge in [0.2, 0.25) is 0 Å². The first-order chi connectivity index (χ1) is 6.45. The van der Waals surface area contributed by atoms with Gasteiger partial charge >= 0.3 is 0 Å². The highest BCUT2D eigenvalue weighted by atomic mass is 19.1. The summed E-state index contributed by atoms with van der Waals surface area (Å²) < 4.78 is 27.1. The van der Waals surface area contributed by atoms with Crippen LogP contribution in [0.1, 0.15) is 50.7 Å². The first-order valence-corrected chi connectivity index (χ1v) is 4.93. The molecule has 0 N–H and O–H groups in total. The summed E-state index contributed by atoms with van der Waals surface area (Å²) in [5.74, 6) is -0.848. The van der Waals surface area contributed by atoms with Crippen molar-refractivity contribution in [1.29, 1.82) is 0 Å². The van der Waals surface area contributed by atoms with Gasteiger partial charge in [0.25, 0.3) is 0 Å². The Morgan fingerprint density at radius 3 is 1.93 bits per heavy atom. The van der Waals surface area contributed by atoms with Crippen LogP contribution < -0.4 is 0 Å². The van der Waals surface area contributed by atoms with Gasteiger partial charge in [-0.05, 0) is 23.5 Å². The minimum Gasteiger partial charge on any atom is -0.207 e. The molecule has 0 heterocycles. The highest BCUT2D eigenvalue weighted by molar-refractivity contribution is 5.31. The summed E-state index contributed by atoms with van der Waals surface area (Å²) >= 11 is 0. The van der Waals surface area contributed by atoms with Gasteiger partial charge in [0.1, 0.15) is 11.6 Å². The maximum absolute atomic E-state index is 13.8. The molecule has 0 aliphatic carbocycles. The molecule has 0 aliphatic heterocycles. The molecule has 0 bridgehead atoms. The second kappa shape index (κ2) is 4.07. The Balaban J connectivity index is 3.34. The molecule has 1 aromatic rings. The fourth-order valence-corrected chi connectivity index (χ4v) is 1.56. The highest BCUT2D eigenvalue weighted by Crippen LogP contribution is 2.28. The van der Waals surface area contributed by atoms with Crippen LogP contribution in [0.4, 0.5) is 8.78 Å². The zero-order valence-electron chi connectivity index (χ0n) is 9.07. The van der Waals surface area contributed by atoms with E-state index < -0.39 is 5.82 Å². The van der Waals surface area contributed by atoms with Crippen LogP contribution in [-0.2, 0) is 0 Å². The lowest BCUT2D eigenvalue weighted by atomic mass is 9.94. The maximum Gasteiger partial charge on any atom is 0.133 e. The molecular formula is C12H16F2. The van der Waals surface area contributed by atoms with E-state index in [1.54, 1.807) is 13.8 Å². The second-order valence-electron chi connectivity index (χ2n) is 4.17. The third-order valence-electron chi connectivity index (χ3n) is 2.36. The topological polar surface area (TPSA) is 0 Å². The standard InChI is InChI=1S/C12H16F2/c1-7(2)9-5-6-10(13)11(8(3)4)12(9)14/h5-8H,1-4H3. The van der Waals surface area contributed by atoms with Crippen molar-refractivity contribution >= 4 is 0 Å². The van der Waals surface area contributed by atoms with Crippen LogP contribution in [0.5, 0.6) is 0 Å². The van der Waals surface area contributed by atoms with Gasteiger partial charge in [-0.3, -0.25) is 0 Å². The normalized spacial score (nSPS) is 11.4. The van der Waals surface area contributed by atoms with E-state index in [2.05, 4.69) is 0 Å². The number of rotatable bonds is 2. The van der Waals surface area contributed by atoms with E-state index in [-0.39, 0.29) is 23.2 Å². The first kappa shape index (κ1) is 11.2. The smallest absolute Gasteiger partial charge is 0.133 e. The minimum absolute atomic E-state index is 0.0908. The van der Waals surface area contributed by atoms with E-state index in [1.807, 2.05) is 13.8 Å². The number of halogens is 2. The summed E-state index contributed by atoms with van der Waals surface area (Å²) in [5, 5.41) is 0. The van der Waals surface area contributed by atoms with Gasteiger partial charge in [-0.15, -0.1) is 0 Å². The Hall–Kier alpha value is -0.920. The second-order valence-corrected chi connectivity index (χ2v) is 4.17. The number of hydrogen-bond donors (Lipinski definition) is 0. The molecule has 14 heavy (non-hydrogen) atoms. The van der Waals surface area contributed by atoms with Gasteiger partial charge in [0.05, 0.1) is 0 Å². The Labute approximate surface area is 84.0 Å². The quantitative estimate of drug-likeness (QED) is 0.667. The molecule has 0 amide bonds. The number of benzene rings is 1. The molecule has 0 spiro atoms. The van der Waals surface area contributed by atoms with Crippen molar-refractivity contribution in [3.05, 3.63) is 34.9 Å². The van der Waals surface area contributed by atoms with Crippen molar-refractivity contribution < 1.29 is 8.78 Å². The predicted molar refractivity (Wildman–Crippen MR) is 54.5 cm³/mol. The molecule has 0 unspecified atom stereocenters. The maximum atomic E-state index is 13.8. The molecule has 1 rings (SSSR count). The van der Waals surface area contributed by atoms with E-state index in [0.717, 1.165) is 0 Å². The van der Waals surface area contributed by atoms with Crippen molar-refractivity contribution in [2.75, 3.05) is 0 Å². The Kier molecular flexibility index (Phi) is 3.25. The molecule has 0 fully saturated rings. The summed E-state index contributed by atoms with van der Waals surface area (Å²) in [4.78, 5) is 0. The summed E-state index contributed by atoms with van der Waals surface area (Å²) in [7, 11) is 0. The van der Waals surface area contributed by atoms with Crippen molar-refractivity contribution in [2.24, 2.45) is 0 Å². The zero-order chi connectivity index (χ0) is 10.9. The largest absolute Gasteiger partial charge is 0.207 e. The van der Waals surface area contributed by atoms with Crippen molar-refractivity contribution in [3.8, 4) is 0 Å². The van der Waals surface area contributed by atoms with E-state index in [1.165, 1.54) is 12.1 Å². The van der Waals surface area contributed by atoms with E-state index >= 15 is 0 Å². The number of hydrogen-bond acceptors (Lipinski definition) is 0. The predicted octanol–water partition coefficient (Wildman–Crippen LogP) is 4.21. The molecule has 2 heteroatoms. The molecule has 0 aliphatic rings. The average Bonchev–Trinajstić information content (AvgIpc) is 2.02. The summed E-state index contributed by atoms with van der Waals surface area (Å²) in [6, 6.07) is 2.88. The molecule has 78 valence electrons. The van der Waals surface area contributed by atoms with E-state index in [0.29, 0.717) is 5.56 Å². The van der Waals surface area contributed by atoms with Gasteiger partial charge in [-0.2, -0.15) is 0 Å². The van der Waals surface area contributed by atoms with Crippen LogP contribution >= 0.6 is 0 Å². The van der Waals surface area contributed by atoms with Crippen LogP contribution in [0.25, 0.3) is 0 Å². The molecule has 1 aromatic carbocycles. The SMILES string of the molecule is CC(C)c1ccc(F)c(C(C)C)c1F. The third-order valence-corrected chi connectivity index (χ3v) is 2.36. The van der Waals surface area contributed by atoms with Crippen molar-refractivity contribution in [1.82, 2.24) is 0 Å². The summed E-state index contributed by atoms with van der Waals surface area (Å²) in [5.41, 5.74) is 0.798. The fraction of sp³-hybridized carbons (Fsp3) is 0.500. The fourth-order valence-electron chi connectivity index (χ4n) is 1.56. The monoisotopic (exact) mass is 198 g/mol. The highest BCUT2D eigenvalue weighted by Gasteiger charge is 2.17. The van der Waals surface area contributed by atoms with Gasteiger partial charge in [-0.1, -0.05) is 33.8 Å². The minimum atomic E-state index is -0.443. The molecule has 0 saturated heterocycles. The van der Waals surface area contributed by atoms with Gasteiger partial charge in [-0.25, -0.2) is 8.78 Å². The summed E-state index contributed by atoms with van der Waals surface area (Å²) in [6.45, 7) is 7.40. The third kappa shape index (κ3) is 1.94. The van der Waals surface area contributed by atoms with E-state index in [9.17, 15) is 8.78 Å².